The third-order valence-electron chi connectivity index (χ3n) is 3.21. The van der Waals surface area contributed by atoms with Crippen molar-refractivity contribution in [3.05, 3.63) is 17.1 Å². The lowest BCUT2D eigenvalue weighted by atomic mass is 9.93. The highest BCUT2D eigenvalue weighted by Gasteiger charge is 2.25. The molecule has 0 radical (unpaired) electrons. The summed E-state index contributed by atoms with van der Waals surface area (Å²) < 4.78 is 6.81. The molecule has 3 heterocycles. The van der Waals surface area contributed by atoms with Crippen LogP contribution in [0.1, 0.15) is 31.4 Å². The molecule has 4 nitrogen and oxygen atoms in total. The highest BCUT2D eigenvalue weighted by molar-refractivity contribution is 7.17. The van der Waals surface area contributed by atoms with Crippen LogP contribution in [0.15, 0.2) is 11.4 Å². The molecule has 5 heteroatoms. The summed E-state index contributed by atoms with van der Waals surface area (Å²) >= 11 is 1.73. The first kappa shape index (κ1) is 10.1. The number of hydrogen-bond donors (Lipinski definition) is 1. The van der Waals surface area contributed by atoms with Gasteiger partial charge in [-0.2, -0.15) is 9.89 Å². The molecule has 2 N–H and O–H groups in total. The number of fused-ring (bicyclic) bond motifs is 1. The maximum Gasteiger partial charge on any atom is 0.103 e. The maximum atomic E-state index is 5.84. The van der Waals surface area contributed by atoms with Gasteiger partial charge in [-0.05, 0) is 31.2 Å². The molecule has 2 unspecified atom stereocenters. The first-order chi connectivity index (χ1) is 7.75. The molecular formula is C11H15N3OS. The average Bonchev–Trinajstić information content (AvgIpc) is 2.83. The lowest BCUT2D eigenvalue weighted by molar-refractivity contribution is 0.0181. The highest BCUT2D eigenvalue weighted by Crippen LogP contribution is 2.35. The van der Waals surface area contributed by atoms with Gasteiger partial charge in [0.1, 0.15) is 5.52 Å². The van der Waals surface area contributed by atoms with E-state index in [1.165, 1.54) is 9.49 Å². The Morgan fingerprint density at radius 1 is 1.62 bits per heavy atom. The van der Waals surface area contributed by atoms with E-state index in [9.17, 15) is 0 Å². The van der Waals surface area contributed by atoms with Crippen molar-refractivity contribution in [1.82, 2.24) is 9.89 Å². The molecule has 16 heavy (non-hydrogen) atoms. The van der Waals surface area contributed by atoms with Crippen molar-refractivity contribution in [1.29, 1.82) is 0 Å². The van der Waals surface area contributed by atoms with Gasteiger partial charge < -0.3 is 10.6 Å². The Labute approximate surface area is 98.0 Å². The molecule has 0 spiro atoms. The molecule has 2 atom stereocenters. The fourth-order valence-electron chi connectivity index (χ4n) is 2.40. The van der Waals surface area contributed by atoms with Gasteiger partial charge in [0.25, 0.3) is 0 Å². The molecule has 1 aliphatic rings. The van der Waals surface area contributed by atoms with Gasteiger partial charge in [-0.25, -0.2) is 0 Å². The first-order valence-corrected chi connectivity index (χ1v) is 6.46. The summed E-state index contributed by atoms with van der Waals surface area (Å²) in [6.07, 6.45) is 2.43. The third kappa shape index (κ3) is 1.51. The topological polar surface area (TPSA) is 53.1 Å². The smallest absolute Gasteiger partial charge is 0.103 e. The number of ether oxygens (including phenoxy) is 1. The van der Waals surface area contributed by atoms with Crippen LogP contribution in [0.3, 0.4) is 0 Å². The van der Waals surface area contributed by atoms with Crippen molar-refractivity contribution < 1.29 is 4.74 Å². The highest BCUT2D eigenvalue weighted by atomic mass is 32.1. The second-order valence-electron chi connectivity index (χ2n) is 4.37. The Morgan fingerprint density at radius 2 is 2.50 bits per heavy atom. The molecular weight excluding hydrogens is 222 g/mol. The van der Waals surface area contributed by atoms with Crippen LogP contribution in [0.4, 0.5) is 0 Å². The number of rotatable bonds is 1. The van der Waals surface area contributed by atoms with Crippen molar-refractivity contribution in [2.45, 2.75) is 31.8 Å². The summed E-state index contributed by atoms with van der Waals surface area (Å²) in [5.41, 5.74) is 2.20. The van der Waals surface area contributed by atoms with Crippen molar-refractivity contribution in [3.63, 3.8) is 0 Å². The number of nitrogens with two attached hydrogens (primary N) is 1. The molecule has 0 amide bonds. The molecule has 2 aromatic heterocycles. The number of nitrogen functional groups attached to an aromatic ring is 1. The van der Waals surface area contributed by atoms with Crippen molar-refractivity contribution in [3.8, 4) is 0 Å². The van der Waals surface area contributed by atoms with Crippen LogP contribution >= 0.6 is 11.3 Å². The fraction of sp³-hybridized carbons (Fsp3) is 0.545. The third-order valence-corrected chi connectivity index (χ3v) is 4.14. The zero-order valence-corrected chi connectivity index (χ0v) is 10.0. The van der Waals surface area contributed by atoms with Crippen LogP contribution in [0.5, 0.6) is 0 Å². The number of thiophene rings is 1. The lowest BCUT2D eigenvalue weighted by Crippen LogP contribution is -2.22. The van der Waals surface area contributed by atoms with Gasteiger partial charge in [-0.1, -0.05) is 0 Å². The minimum Gasteiger partial charge on any atom is -0.378 e. The van der Waals surface area contributed by atoms with E-state index >= 15 is 0 Å². The average molecular weight is 237 g/mol. The van der Waals surface area contributed by atoms with Gasteiger partial charge in [0.05, 0.1) is 16.5 Å². The quantitative estimate of drug-likeness (QED) is 0.773. The summed E-state index contributed by atoms with van der Waals surface area (Å²) in [7, 11) is 0. The SMILES string of the molecule is CC1CC(c2nn(N)c3ccsc23)CCO1. The first-order valence-electron chi connectivity index (χ1n) is 5.58. The molecule has 1 aliphatic heterocycles. The van der Waals surface area contributed by atoms with E-state index in [0.29, 0.717) is 12.0 Å². The zero-order valence-electron chi connectivity index (χ0n) is 9.22. The molecule has 86 valence electrons. The molecule has 0 aromatic carbocycles. The van der Waals surface area contributed by atoms with Gasteiger partial charge in [-0.3, -0.25) is 0 Å². The van der Waals surface area contributed by atoms with Crippen molar-refractivity contribution in [2.24, 2.45) is 0 Å². The fourth-order valence-corrected chi connectivity index (χ4v) is 3.35. The van der Waals surface area contributed by atoms with Crippen LogP contribution in [0.2, 0.25) is 0 Å². The Hall–Kier alpha value is -1.07. The van der Waals surface area contributed by atoms with Crippen LogP contribution in [0.25, 0.3) is 10.2 Å². The normalized spacial score (nSPS) is 26.3. The molecule has 2 aromatic rings. The molecule has 1 saturated heterocycles. The Kier molecular flexibility index (Phi) is 2.37. The van der Waals surface area contributed by atoms with E-state index in [2.05, 4.69) is 17.4 Å². The number of aromatic nitrogens is 2. The summed E-state index contributed by atoms with van der Waals surface area (Å²) in [5, 5.41) is 6.53. The second-order valence-corrected chi connectivity index (χ2v) is 5.28. The maximum absolute atomic E-state index is 5.84. The predicted molar refractivity (Wildman–Crippen MR) is 65.1 cm³/mol. The van der Waals surface area contributed by atoms with Gasteiger partial charge in [0, 0.05) is 12.5 Å². The van der Waals surface area contributed by atoms with Gasteiger partial charge in [0.15, 0.2) is 0 Å². The van der Waals surface area contributed by atoms with Crippen LogP contribution in [-0.4, -0.2) is 22.6 Å². The van der Waals surface area contributed by atoms with Crippen LogP contribution in [0, 0.1) is 0 Å². The van der Waals surface area contributed by atoms with Crippen LogP contribution < -0.4 is 5.84 Å². The standard InChI is InChI=1S/C11H15N3OS/c1-7-6-8(2-4-15-7)10-11-9(3-5-16-11)14(12)13-10/h3,5,7-8H,2,4,6,12H2,1H3. The summed E-state index contributed by atoms with van der Waals surface area (Å²) in [6.45, 7) is 2.95. The van der Waals surface area contributed by atoms with Crippen molar-refractivity contribution >= 4 is 21.6 Å². The second kappa shape index (κ2) is 3.75. The van der Waals surface area contributed by atoms with E-state index in [1.54, 1.807) is 11.3 Å². The molecule has 1 fully saturated rings. The number of hydrogen-bond acceptors (Lipinski definition) is 4. The van der Waals surface area contributed by atoms with E-state index in [4.69, 9.17) is 10.6 Å². The van der Waals surface area contributed by atoms with Crippen LogP contribution in [-0.2, 0) is 4.74 Å². The van der Waals surface area contributed by atoms with E-state index < -0.39 is 0 Å². The Balaban J connectivity index is 2.01. The molecule has 0 saturated carbocycles. The lowest BCUT2D eigenvalue weighted by Gasteiger charge is -2.25. The minimum absolute atomic E-state index is 0.330. The summed E-state index contributed by atoms with van der Waals surface area (Å²) in [6, 6.07) is 2.03. The Morgan fingerprint density at radius 3 is 3.31 bits per heavy atom. The van der Waals surface area contributed by atoms with E-state index in [1.807, 2.05) is 6.07 Å². The monoisotopic (exact) mass is 237 g/mol. The van der Waals surface area contributed by atoms with Gasteiger partial charge in [0.2, 0.25) is 0 Å². The van der Waals surface area contributed by atoms with E-state index in [-0.39, 0.29) is 0 Å². The number of nitrogens with zero attached hydrogens (tertiary/aromatic N) is 2. The summed E-state index contributed by atoms with van der Waals surface area (Å²) in [4.78, 5) is 1.50. The van der Waals surface area contributed by atoms with Crippen molar-refractivity contribution in [2.75, 3.05) is 12.4 Å². The minimum atomic E-state index is 0.330. The molecule has 0 bridgehead atoms. The van der Waals surface area contributed by atoms with E-state index in [0.717, 1.165) is 30.7 Å². The zero-order chi connectivity index (χ0) is 11.1. The predicted octanol–water partition coefficient (Wildman–Crippen LogP) is 2.09. The Bertz CT molecular complexity index is 504. The summed E-state index contributed by atoms with van der Waals surface area (Å²) in [5.74, 6) is 6.34. The molecule has 3 rings (SSSR count). The van der Waals surface area contributed by atoms with Gasteiger partial charge in [-0.15, -0.1) is 11.3 Å². The van der Waals surface area contributed by atoms with Gasteiger partial charge >= 0.3 is 0 Å². The largest absolute Gasteiger partial charge is 0.378 e. The molecule has 0 aliphatic carbocycles.